The van der Waals surface area contributed by atoms with Gasteiger partial charge in [0.1, 0.15) is 17.6 Å². The minimum absolute atomic E-state index is 0.0354. The molecule has 3 atom stereocenters. The molecular formula is C24H31ClF3N3O2S. The van der Waals surface area contributed by atoms with Crippen LogP contribution >= 0.6 is 11.6 Å². The van der Waals surface area contributed by atoms with E-state index in [0.29, 0.717) is 29.1 Å². The van der Waals surface area contributed by atoms with Gasteiger partial charge in [-0.15, -0.1) is 0 Å². The summed E-state index contributed by atoms with van der Waals surface area (Å²) in [5.74, 6) is 0.543. The number of morpholine rings is 1. The Hall–Kier alpha value is -1.26. The van der Waals surface area contributed by atoms with Crippen LogP contribution < -0.4 is 0 Å². The number of halogens is 4. The largest absolute Gasteiger partial charge is 0.616 e. The second-order valence-corrected chi connectivity index (χ2v) is 11.4. The lowest BCUT2D eigenvalue weighted by atomic mass is 9.82. The molecule has 34 heavy (non-hydrogen) atoms. The molecule has 0 bridgehead atoms. The van der Waals surface area contributed by atoms with Gasteiger partial charge in [0.25, 0.3) is 0 Å². The molecule has 0 N–H and O–H groups in total. The lowest BCUT2D eigenvalue weighted by Crippen LogP contribution is -2.56. The van der Waals surface area contributed by atoms with Gasteiger partial charge >= 0.3 is 6.18 Å². The summed E-state index contributed by atoms with van der Waals surface area (Å²) >= 11 is 5.10. The molecule has 1 aliphatic heterocycles. The molecule has 4 rings (SSSR count). The van der Waals surface area contributed by atoms with Crippen molar-refractivity contribution in [3.05, 3.63) is 52.3 Å². The lowest BCUT2D eigenvalue weighted by molar-refractivity contribution is -0.143. The minimum atomic E-state index is -4.39. The number of aryl methyl sites for hydroxylation is 1. The maximum absolute atomic E-state index is 13.2. The quantitative estimate of drug-likeness (QED) is 0.516. The van der Waals surface area contributed by atoms with Crippen LogP contribution in [-0.4, -0.2) is 62.6 Å². The molecule has 2 aliphatic rings. The zero-order valence-corrected chi connectivity index (χ0v) is 21.0. The molecule has 2 heterocycles. The van der Waals surface area contributed by atoms with E-state index in [1.165, 1.54) is 18.7 Å². The Kier molecular flexibility index (Phi) is 8.19. The lowest BCUT2D eigenvalue weighted by Gasteiger charge is -2.46. The van der Waals surface area contributed by atoms with Crippen molar-refractivity contribution in [1.29, 1.82) is 0 Å². The Morgan fingerprint density at radius 3 is 2.44 bits per heavy atom. The predicted molar refractivity (Wildman–Crippen MR) is 128 cm³/mol. The average molecular weight is 518 g/mol. The fourth-order valence-corrected chi connectivity index (χ4v) is 6.17. The number of aromatic nitrogens is 2. The first-order chi connectivity index (χ1) is 16.1. The highest BCUT2D eigenvalue weighted by Crippen LogP contribution is 2.38. The first kappa shape index (κ1) is 25.8. The van der Waals surface area contributed by atoms with Crippen molar-refractivity contribution >= 4 is 22.8 Å². The van der Waals surface area contributed by atoms with E-state index in [0.717, 1.165) is 43.3 Å². The molecular weight excluding hydrogens is 487 g/mol. The standard InChI is InChI=1S/C24H31ClF3N3O2S/c1-30-23(24(26,27)28)12-22(29-30)17-5-9-19(10-6-17)31-13-21(15-34(2)32)33-14-20(31)11-16-3-7-18(25)8-4-16/h3-4,7-8,12,17,19-21H,5-6,9-11,13-15H2,1-2H3. The number of ether oxygens (including phenoxy) is 1. The van der Waals surface area contributed by atoms with Gasteiger partial charge in [-0.2, -0.15) is 18.3 Å². The van der Waals surface area contributed by atoms with Gasteiger partial charge in [0.15, 0.2) is 0 Å². The molecule has 1 saturated carbocycles. The van der Waals surface area contributed by atoms with Crippen molar-refractivity contribution in [2.75, 3.05) is 25.2 Å². The number of rotatable bonds is 6. The SMILES string of the molecule is Cn1nc(C2CCC(N3CC(C[S+](C)[O-])OCC3Cc3ccc(Cl)cc3)CC2)cc1C(F)(F)F. The number of hydrogen-bond acceptors (Lipinski definition) is 4. The van der Waals surface area contributed by atoms with Crippen molar-refractivity contribution in [2.45, 2.75) is 62.4 Å². The van der Waals surface area contributed by atoms with Gasteiger partial charge in [0.2, 0.25) is 0 Å². The second kappa shape index (κ2) is 10.8. The molecule has 1 aliphatic carbocycles. The van der Waals surface area contributed by atoms with Gasteiger partial charge in [0.05, 0.1) is 18.6 Å². The maximum atomic E-state index is 13.2. The van der Waals surface area contributed by atoms with Crippen molar-refractivity contribution in [1.82, 2.24) is 14.7 Å². The van der Waals surface area contributed by atoms with E-state index in [1.54, 1.807) is 6.26 Å². The van der Waals surface area contributed by atoms with E-state index in [4.69, 9.17) is 16.3 Å². The molecule has 3 unspecified atom stereocenters. The van der Waals surface area contributed by atoms with E-state index in [9.17, 15) is 17.7 Å². The molecule has 5 nitrogen and oxygen atoms in total. The van der Waals surface area contributed by atoms with Crippen LogP contribution in [0.5, 0.6) is 0 Å². The normalized spacial score (nSPS) is 27.6. The zero-order chi connectivity index (χ0) is 24.5. The first-order valence-electron chi connectivity index (χ1n) is 11.6. The summed E-state index contributed by atoms with van der Waals surface area (Å²) in [6.07, 6.45) is 1.44. The highest BCUT2D eigenvalue weighted by molar-refractivity contribution is 7.90. The molecule has 1 saturated heterocycles. The fraction of sp³-hybridized carbons (Fsp3) is 0.625. The summed E-state index contributed by atoms with van der Waals surface area (Å²) in [4.78, 5) is 2.49. The van der Waals surface area contributed by atoms with Crippen molar-refractivity contribution in [2.24, 2.45) is 7.05 Å². The maximum Gasteiger partial charge on any atom is 0.433 e. The van der Waals surface area contributed by atoms with Gasteiger partial charge in [-0.1, -0.05) is 34.9 Å². The number of alkyl halides is 3. The molecule has 0 radical (unpaired) electrons. The number of nitrogens with zero attached hydrogens (tertiary/aromatic N) is 3. The zero-order valence-electron chi connectivity index (χ0n) is 19.4. The van der Waals surface area contributed by atoms with Crippen molar-refractivity contribution in [3.8, 4) is 0 Å². The van der Waals surface area contributed by atoms with Crippen LogP contribution in [0.25, 0.3) is 0 Å². The van der Waals surface area contributed by atoms with Crippen LogP contribution in [0.4, 0.5) is 13.2 Å². The van der Waals surface area contributed by atoms with E-state index in [2.05, 4.69) is 10.00 Å². The number of hydrogen-bond donors (Lipinski definition) is 0. The molecule has 10 heteroatoms. The highest BCUT2D eigenvalue weighted by Gasteiger charge is 2.39. The number of benzene rings is 1. The Labute approximate surface area is 206 Å². The Morgan fingerprint density at radius 2 is 1.85 bits per heavy atom. The Balaban J connectivity index is 1.44. The van der Waals surface area contributed by atoms with E-state index < -0.39 is 23.0 Å². The van der Waals surface area contributed by atoms with Crippen molar-refractivity contribution in [3.63, 3.8) is 0 Å². The summed E-state index contributed by atoms with van der Waals surface area (Å²) in [5.41, 5.74) is 1.02. The topological polar surface area (TPSA) is 53.4 Å². The van der Waals surface area contributed by atoms with E-state index >= 15 is 0 Å². The molecule has 1 aromatic carbocycles. The molecule has 2 aromatic rings. The Bertz CT molecular complexity index is 946. The summed E-state index contributed by atoms with van der Waals surface area (Å²) in [5, 5.41) is 4.88. The van der Waals surface area contributed by atoms with E-state index in [1.807, 2.05) is 24.3 Å². The Morgan fingerprint density at radius 1 is 1.18 bits per heavy atom. The van der Waals surface area contributed by atoms with Gasteiger partial charge in [0, 0.05) is 36.6 Å². The molecule has 1 aromatic heterocycles. The van der Waals surface area contributed by atoms with E-state index in [-0.39, 0.29) is 18.1 Å². The van der Waals surface area contributed by atoms with Gasteiger partial charge in [-0.3, -0.25) is 9.58 Å². The van der Waals surface area contributed by atoms with Crippen LogP contribution in [-0.2, 0) is 35.6 Å². The van der Waals surface area contributed by atoms with Crippen LogP contribution in [0.2, 0.25) is 5.02 Å². The molecule has 0 spiro atoms. The molecule has 0 amide bonds. The third-order valence-corrected chi connectivity index (χ3v) is 8.08. The second-order valence-electron chi connectivity index (χ2n) is 9.46. The highest BCUT2D eigenvalue weighted by atomic mass is 35.5. The van der Waals surface area contributed by atoms with Gasteiger partial charge in [-0.25, -0.2) is 0 Å². The van der Waals surface area contributed by atoms with Gasteiger partial charge < -0.3 is 9.29 Å². The average Bonchev–Trinajstić information content (AvgIpc) is 3.18. The third kappa shape index (κ3) is 6.29. The fourth-order valence-electron chi connectivity index (χ4n) is 5.32. The molecule has 188 valence electrons. The van der Waals surface area contributed by atoms with Crippen LogP contribution in [0.1, 0.15) is 48.6 Å². The summed E-state index contributed by atoms with van der Waals surface area (Å²) < 4.78 is 58.4. The van der Waals surface area contributed by atoms with Crippen LogP contribution in [0.3, 0.4) is 0 Å². The monoisotopic (exact) mass is 517 g/mol. The minimum Gasteiger partial charge on any atom is -0.616 e. The summed E-state index contributed by atoms with van der Waals surface area (Å²) in [6.45, 7) is 1.29. The van der Waals surface area contributed by atoms with Crippen LogP contribution in [0, 0.1) is 0 Å². The molecule has 2 fully saturated rings. The predicted octanol–water partition coefficient (Wildman–Crippen LogP) is 4.81. The smallest absolute Gasteiger partial charge is 0.433 e. The van der Waals surface area contributed by atoms with Crippen molar-refractivity contribution < 1.29 is 22.5 Å². The van der Waals surface area contributed by atoms with Gasteiger partial charge in [-0.05, 0) is 55.9 Å². The summed E-state index contributed by atoms with van der Waals surface area (Å²) in [7, 11) is 1.35. The third-order valence-electron chi connectivity index (χ3n) is 6.99. The van der Waals surface area contributed by atoms with Crippen LogP contribution in [0.15, 0.2) is 30.3 Å². The summed E-state index contributed by atoms with van der Waals surface area (Å²) in [6, 6.07) is 9.55. The first-order valence-corrected chi connectivity index (χ1v) is 13.7.